The number of imidazole rings is 1. The number of allylic oxidation sites excluding steroid dienone is 1. The molecule has 1 heterocycles. The number of benzene rings is 2. The lowest BCUT2D eigenvalue weighted by atomic mass is 9.96. The third-order valence-electron chi connectivity index (χ3n) is 5.12. The van der Waals surface area contributed by atoms with Crippen molar-refractivity contribution in [2.45, 2.75) is 26.2 Å². The fourth-order valence-corrected chi connectivity index (χ4v) is 3.44. The summed E-state index contributed by atoms with van der Waals surface area (Å²) in [6.45, 7) is 5.87. The Morgan fingerprint density at radius 3 is 2.53 bits per heavy atom. The number of H-pyrrole nitrogens is 1. The van der Waals surface area contributed by atoms with Gasteiger partial charge in [0.05, 0.1) is 14.2 Å². The van der Waals surface area contributed by atoms with Crippen LogP contribution < -0.4 is 9.47 Å². The zero-order chi connectivity index (χ0) is 24.5. The van der Waals surface area contributed by atoms with E-state index in [9.17, 15) is 9.59 Å². The molecule has 7 nitrogen and oxygen atoms in total. The fourth-order valence-electron chi connectivity index (χ4n) is 3.44. The molecule has 3 rings (SSSR count). The second-order valence-corrected chi connectivity index (χ2v) is 7.73. The van der Waals surface area contributed by atoms with Crippen LogP contribution in [0.1, 0.15) is 46.2 Å². The number of aromatic nitrogens is 2. The minimum absolute atomic E-state index is 0.0834. The lowest BCUT2D eigenvalue weighted by molar-refractivity contribution is -0.133. The van der Waals surface area contributed by atoms with Gasteiger partial charge in [-0.05, 0) is 37.0 Å². The Morgan fingerprint density at radius 2 is 1.91 bits per heavy atom. The van der Waals surface area contributed by atoms with E-state index in [-0.39, 0.29) is 17.7 Å². The molecule has 176 valence electrons. The van der Waals surface area contributed by atoms with E-state index in [1.165, 1.54) is 14.2 Å². The van der Waals surface area contributed by atoms with Crippen LogP contribution in [0.5, 0.6) is 11.5 Å². The topological polar surface area (TPSA) is 90.5 Å². The molecule has 2 aromatic carbocycles. The first-order valence-corrected chi connectivity index (χ1v) is 10.8. The Labute approximate surface area is 199 Å². The lowest BCUT2D eigenvalue weighted by Gasteiger charge is -2.19. The number of hydrogen-bond donors (Lipinski definition) is 1. The predicted octanol–water partition coefficient (Wildman–Crippen LogP) is 5.03. The molecule has 0 saturated heterocycles. The van der Waals surface area contributed by atoms with Crippen molar-refractivity contribution in [3.05, 3.63) is 89.0 Å². The van der Waals surface area contributed by atoms with E-state index in [0.29, 0.717) is 35.5 Å². The first-order valence-electron chi connectivity index (χ1n) is 10.8. The largest absolute Gasteiger partial charge is 0.496 e. The second kappa shape index (κ2) is 11.7. The van der Waals surface area contributed by atoms with Crippen LogP contribution in [-0.4, -0.2) is 36.1 Å². The second-order valence-electron chi connectivity index (χ2n) is 7.73. The van der Waals surface area contributed by atoms with Gasteiger partial charge in [-0.1, -0.05) is 48.1 Å². The molecule has 0 bridgehead atoms. The molecule has 7 heteroatoms. The minimum Gasteiger partial charge on any atom is -0.496 e. The number of nitrogens with one attached hydrogen (secondary N) is 1. The Hall–Kier alpha value is -4.13. The molecule has 0 radical (unpaired) electrons. The lowest BCUT2D eigenvalue weighted by Crippen LogP contribution is -2.18. The highest BCUT2D eigenvalue weighted by atomic mass is 16.5. The van der Waals surface area contributed by atoms with Crippen molar-refractivity contribution >= 4 is 24.1 Å². The van der Waals surface area contributed by atoms with Crippen molar-refractivity contribution in [1.82, 2.24) is 9.97 Å². The van der Waals surface area contributed by atoms with Crippen molar-refractivity contribution in [2.75, 3.05) is 14.2 Å². The van der Waals surface area contributed by atoms with E-state index in [4.69, 9.17) is 14.2 Å². The van der Waals surface area contributed by atoms with E-state index in [1.807, 2.05) is 43.3 Å². The van der Waals surface area contributed by atoms with Gasteiger partial charge in [0.2, 0.25) is 0 Å². The molecule has 3 aromatic rings. The van der Waals surface area contributed by atoms with Gasteiger partial charge in [0.25, 0.3) is 0 Å². The molecular weight excluding hydrogens is 432 g/mol. The van der Waals surface area contributed by atoms with Crippen LogP contribution in [0.4, 0.5) is 0 Å². The van der Waals surface area contributed by atoms with Crippen molar-refractivity contribution in [3.63, 3.8) is 0 Å². The number of methoxy groups -OCH3 is 2. The average molecular weight is 461 g/mol. The molecule has 0 atom stereocenters. The number of esters is 2. The summed E-state index contributed by atoms with van der Waals surface area (Å²) in [5.74, 6) is -0.102. The predicted molar refractivity (Wildman–Crippen MR) is 131 cm³/mol. The van der Waals surface area contributed by atoms with Crippen LogP contribution in [-0.2, 0) is 22.4 Å². The van der Waals surface area contributed by atoms with Gasteiger partial charge >= 0.3 is 11.9 Å². The molecule has 34 heavy (non-hydrogen) atoms. The van der Waals surface area contributed by atoms with Crippen LogP contribution >= 0.6 is 0 Å². The van der Waals surface area contributed by atoms with Crippen LogP contribution in [0.3, 0.4) is 0 Å². The van der Waals surface area contributed by atoms with Gasteiger partial charge in [0.15, 0.2) is 5.75 Å². The summed E-state index contributed by atoms with van der Waals surface area (Å²) in [6, 6.07) is 11.4. The summed E-state index contributed by atoms with van der Waals surface area (Å²) in [5, 5.41) is 0. The first-order chi connectivity index (χ1) is 16.4. The van der Waals surface area contributed by atoms with E-state index < -0.39 is 11.9 Å². The summed E-state index contributed by atoms with van der Waals surface area (Å²) >= 11 is 0. The highest BCUT2D eigenvalue weighted by Gasteiger charge is 2.27. The molecule has 1 N–H and O–H groups in total. The van der Waals surface area contributed by atoms with Gasteiger partial charge in [-0.25, -0.2) is 9.78 Å². The summed E-state index contributed by atoms with van der Waals surface area (Å²) in [5.41, 5.74) is 3.14. The third kappa shape index (κ3) is 6.22. The van der Waals surface area contributed by atoms with Gasteiger partial charge in [-0.3, -0.25) is 4.79 Å². The highest BCUT2D eigenvalue weighted by molar-refractivity contribution is 5.99. The van der Waals surface area contributed by atoms with E-state index in [0.717, 1.165) is 11.1 Å². The number of carbonyl (C=O) groups is 2. The van der Waals surface area contributed by atoms with E-state index in [1.54, 1.807) is 24.5 Å². The SMILES string of the molecule is C=C(C)CCc1c(OC)cc(C=Cc2ccccc2)c(C(=O)OC)c1OC(=O)Cc1ncc[nH]1. The van der Waals surface area contributed by atoms with Gasteiger partial charge in [-0.2, -0.15) is 0 Å². The number of hydrogen-bond acceptors (Lipinski definition) is 6. The summed E-state index contributed by atoms with van der Waals surface area (Å²) in [4.78, 5) is 32.7. The fraction of sp³-hybridized carbons (Fsp3) is 0.222. The maximum atomic E-state index is 12.9. The number of rotatable bonds is 10. The molecule has 0 aliphatic rings. The molecule has 0 spiro atoms. The van der Waals surface area contributed by atoms with Gasteiger partial charge < -0.3 is 19.2 Å². The number of nitrogens with zero attached hydrogens (tertiary/aromatic N) is 1. The summed E-state index contributed by atoms with van der Waals surface area (Å²) in [6.07, 6.45) is 7.82. The average Bonchev–Trinajstić information content (AvgIpc) is 3.34. The maximum Gasteiger partial charge on any atom is 0.342 e. The number of carbonyl (C=O) groups excluding carboxylic acids is 2. The van der Waals surface area contributed by atoms with E-state index >= 15 is 0 Å². The Morgan fingerprint density at radius 1 is 1.15 bits per heavy atom. The highest BCUT2D eigenvalue weighted by Crippen LogP contribution is 2.38. The van der Waals surface area contributed by atoms with Gasteiger partial charge in [-0.15, -0.1) is 6.58 Å². The van der Waals surface area contributed by atoms with E-state index in [2.05, 4.69) is 16.5 Å². The zero-order valence-electron chi connectivity index (χ0n) is 19.6. The van der Waals surface area contributed by atoms with Crippen LogP contribution in [0, 0.1) is 0 Å². The Kier molecular flexibility index (Phi) is 8.40. The zero-order valence-corrected chi connectivity index (χ0v) is 19.6. The number of aromatic amines is 1. The van der Waals surface area contributed by atoms with Crippen molar-refractivity contribution < 1.29 is 23.8 Å². The normalized spacial score (nSPS) is 10.8. The Balaban J connectivity index is 2.14. The molecule has 0 fully saturated rings. The van der Waals surface area contributed by atoms with Crippen LogP contribution in [0.15, 0.2) is 60.9 Å². The van der Waals surface area contributed by atoms with Crippen molar-refractivity contribution in [3.8, 4) is 11.5 Å². The molecule has 0 aliphatic carbocycles. The molecule has 0 amide bonds. The smallest absolute Gasteiger partial charge is 0.342 e. The maximum absolute atomic E-state index is 12.9. The molecule has 0 saturated carbocycles. The molecule has 0 unspecified atom stereocenters. The third-order valence-corrected chi connectivity index (χ3v) is 5.12. The molecule has 1 aromatic heterocycles. The first kappa shape index (κ1) is 24.5. The molecular formula is C27H28N2O5. The molecule has 0 aliphatic heterocycles. The van der Waals surface area contributed by atoms with Crippen LogP contribution in [0.25, 0.3) is 12.2 Å². The standard InChI is InChI=1S/C27H28N2O5/c1-18(2)10-13-21-22(32-3)16-20(12-11-19-8-6-5-7-9-19)25(27(31)33-4)26(21)34-24(30)17-23-28-14-15-29-23/h5-9,11-12,14-16H,1,10,13,17H2,2-4H3,(H,28,29). The van der Waals surface area contributed by atoms with Crippen molar-refractivity contribution in [1.29, 1.82) is 0 Å². The quantitative estimate of drug-likeness (QED) is 0.197. The van der Waals surface area contributed by atoms with Crippen molar-refractivity contribution in [2.24, 2.45) is 0 Å². The Bertz CT molecular complexity index is 1180. The summed E-state index contributed by atoms with van der Waals surface area (Å²) in [7, 11) is 2.83. The van der Waals surface area contributed by atoms with Gasteiger partial charge in [0.1, 0.15) is 23.6 Å². The summed E-state index contributed by atoms with van der Waals surface area (Å²) < 4.78 is 16.5. The monoisotopic (exact) mass is 460 g/mol. The van der Waals surface area contributed by atoms with Gasteiger partial charge in [0, 0.05) is 18.0 Å². The minimum atomic E-state index is -0.618. The van der Waals surface area contributed by atoms with Crippen LogP contribution in [0.2, 0.25) is 0 Å². The number of ether oxygens (including phenoxy) is 3.